The molecule has 0 atom stereocenters. The molecule has 0 spiro atoms. The highest BCUT2D eigenvalue weighted by atomic mass is 15.4. The van der Waals surface area contributed by atoms with Crippen LogP contribution in [-0.4, -0.2) is 28.9 Å². The van der Waals surface area contributed by atoms with E-state index in [0.29, 0.717) is 22.6 Å². The summed E-state index contributed by atoms with van der Waals surface area (Å²) < 4.78 is 1.48. The molecule has 1 aliphatic rings. The van der Waals surface area contributed by atoms with Crippen LogP contribution >= 0.6 is 0 Å². The van der Waals surface area contributed by atoms with Crippen LogP contribution in [0.3, 0.4) is 0 Å². The minimum atomic E-state index is 0.255. The average Bonchev–Trinajstić information content (AvgIpc) is 2.79. The number of aromatic nitrogens is 2. The molecule has 0 unspecified atom stereocenters. The van der Waals surface area contributed by atoms with Crippen molar-refractivity contribution < 1.29 is 0 Å². The molecule has 1 saturated heterocycles. The van der Waals surface area contributed by atoms with Gasteiger partial charge in [-0.1, -0.05) is 6.07 Å². The predicted molar refractivity (Wildman–Crippen MR) is 77.7 cm³/mol. The second-order valence-corrected chi connectivity index (χ2v) is 4.79. The molecule has 1 aliphatic heterocycles. The maximum absolute atomic E-state index is 9.27. The van der Waals surface area contributed by atoms with Crippen LogP contribution in [0.4, 0.5) is 11.6 Å². The summed E-state index contributed by atoms with van der Waals surface area (Å²) in [5.74, 6) is 0.742. The van der Waals surface area contributed by atoms with Gasteiger partial charge in [-0.15, -0.1) is 5.10 Å². The van der Waals surface area contributed by atoms with Crippen LogP contribution in [-0.2, 0) is 0 Å². The Labute approximate surface area is 121 Å². The molecule has 0 saturated carbocycles. The molecule has 7 nitrogen and oxygen atoms in total. The Hall–Kier alpha value is -3.03. The summed E-state index contributed by atoms with van der Waals surface area (Å²) in [7, 11) is 0. The molecule has 2 heterocycles. The SMILES string of the molecule is N#Cc1cccc(-n2nc(NC3CNC3)c(C#N)c2N)c1. The summed E-state index contributed by atoms with van der Waals surface area (Å²) in [5, 5.41) is 28.9. The molecule has 1 aromatic carbocycles. The van der Waals surface area contributed by atoms with Crippen molar-refractivity contribution in [3.05, 3.63) is 35.4 Å². The lowest BCUT2D eigenvalue weighted by molar-refractivity contribution is 0.470. The Morgan fingerprint density at radius 2 is 2.14 bits per heavy atom. The number of hydrogen-bond donors (Lipinski definition) is 3. The summed E-state index contributed by atoms with van der Waals surface area (Å²) >= 11 is 0. The first-order valence-electron chi connectivity index (χ1n) is 6.49. The number of nitriles is 2. The predicted octanol–water partition coefficient (Wildman–Crippen LogP) is 0.582. The Kier molecular flexibility index (Phi) is 3.19. The standard InChI is InChI=1S/C14H13N7/c15-5-9-2-1-3-11(4-9)21-13(17)12(6-16)14(20-21)19-10-7-18-8-10/h1-4,10,18H,7-8,17H2,(H,19,20). The van der Waals surface area contributed by atoms with Gasteiger partial charge in [-0.25, -0.2) is 4.68 Å². The number of nitrogens with two attached hydrogens (primary N) is 1. The van der Waals surface area contributed by atoms with Crippen LogP contribution < -0.4 is 16.4 Å². The van der Waals surface area contributed by atoms with E-state index < -0.39 is 0 Å². The topological polar surface area (TPSA) is 115 Å². The lowest BCUT2D eigenvalue weighted by atomic mass is 10.2. The molecule has 1 fully saturated rings. The number of nitrogens with zero attached hydrogens (tertiary/aromatic N) is 4. The highest BCUT2D eigenvalue weighted by Gasteiger charge is 2.22. The lowest BCUT2D eigenvalue weighted by Crippen LogP contribution is -2.51. The van der Waals surface area contributed by atoms with Crippen LogP contribution in [0.5, 0.6) is 0 Å². The largest absolute Gasteiger partial charge is 0.382 e. The second kappa shape index (κ2) is 5.16. The third-order valence-corrected chi connectivity index (χ3v) is 3.38. The monoisotopic (exact) mass is 279 g/mol. The van der Waals surface area contributed by atoms with Crippen LogP contribution in [0, 0.1) is 22.7 Å². The normalized spacial score (nSPS) is 14.0. The van der Waals surface area contributed by atoms with E-state index in [4.69, 9.17) is 11.0 Å². The van der Waals surface area contributed by atoms with Gasteiger partial charge in [-0.05, 0) is 18.2 Å². The molecule has 3 rings (SSSR count). The molecular weight excluding hydrogens is 266 g/mol. The Morgan fingerprint density at radius 1 is 1.33 bits per heavy atom. The smallest absolute Gasteiger partial charge is 0.169 e. The molecule has 0 bridgehead atoms. The van der Waals surface area contributed by atoms with E-state index in [9.17, 15) is 5.26 Å². The van der Waals surface area contributed by atoms with Crippen molar-refractivity contribution in [1.82, 2.24) is 15.1 Å². The van der Waals surface area contributed by atoms with Gasteiger partial charge in [0.1, 0.15) is 17.5 Å². The molecule has 21 heavy (non-hydrogen) atoms. The average molecular weight is 279 g/mol. The first-order chi connectivity index (χ1) is 10.2. The number of nitrogens with one attached hydrogen (secondary N) is 2. The van der Waals surface area contributed by atoms with E-state index in [1.54, 1.807) is 24.3 Å². The van der Waals surface area contributed by atoms with Crippen LogP contribution in [0.15, 0.2) is 24.3 Å². The zero-order valence-electron chi connectivity index (χ0n) is 11.2. The number of hydrogen-bond acceptors (Lipinski definition) is 6. The van der Waals surface area contributed by atoms with E-state index in [1.807, 2.05) is 0 Å². The van der Waals surface area contributed by atoms with Gasteiger partial charge in [0.2, 0.25) is 0 Å². The minimum absolute atomic E-state index is 0.255. The van der Waals surface area contributed by atoms with Crippen molar-refractivity contribution >= 4 is 11.6 Å². The molecule has 1 aromatic heterocycles. The van der Waals surface area contributed by atoms with Gasteiger partial charge in [0.05, 0.1) is 23.4 Å². The number of nitrogen functional groups attached to an aromatic ring is 1. The maximum Gasteiger partial charge on any atom is 0.169 e. The van der Waals surface area contributed by atoms with E-state index >= 15 is 0 Å². The van der Waals surface area contributed by atoms with Crippen molar-refractivity contribution in [2.75, 3.05) is 24.1 Å². The Bertz CT molecular complexity index is 759. The zero-order valence-corrected chi connectivity index (χ0v) is 11.2. The summed E-state index contributed by atoms with van der Waals surface area (Å²) in [6, 6.07) is 11.3. The van der Waals surface area contributed by atoms with Crippen molar-refractivity contribution in [2.45, 2.75) is 6.04 Å². The van der Waals surface area contributed by atoms with Crippen LogP contribution in [0.25, 0.3) is 5.69 Å². The molecule has 7 heteroatoms. The Balaban J connectivity index is 2.02. The quantitative estimate of drug-likeness (QED) is 0.757. The lowest BCUT2D eigenvalue weighted by Gasteiger charge is -2.27. The van der Waals surface area contributed by atoms with E-state index in [1.165, 1.54) is 4.68 Å². The minimum Gasteiger partial charge on any atom is -0.382 e. The van der Waals surface area contributed by atoms with Gasteiger partial charge < -0.3 is 16.4 Å². The fraction of sp³-hybridized carbons (Fsp3) is 0.214. The molecule has 104 valence electrons. The van der Waals surface area contributed by atoms with Crippen LogP contribution in [0.2, 0.25) is 0 Å². The number of benzene rings is 1. The molecule has 4 N–H and O–H groups in total. The fourth-order valence-corrected chi connectivity index (χ4v) is 2.13. The highest BCUT2D eigenvalue weighted by Crippen LogP contribution is 2.25. The molecule has 0 radical (unpaired) electrons. The van der Waals surface area contributed by atoms with Gasteiger partial charge in [-0.3, -0.25) is 0 Å². The zero-order chi connectivity index (χ0) is 14.8. The highest BCUT2D eigenvalue weighted by molar-refractivity contribution is 5.66. The molecule has 0 aliphatic carbocycles. The second-order valence-electron chi connectivity index (χ2n) is 4.79. The molecule has 2 aromatic rings. The van der Waals surface area contributed by atoms with Gasteiger partial charge >= 0.3 is 0 Å². The third kappa shape index (κ3) is 2.27. The summed E-state index contributed by atoms with van der Waals surface area (Å²) in [5.41, 5.74) is 7.50. The van der Waals surface area contributed by atoms with Crippen molar-refractivity contribution in [3.8, 4) is 17.8 Å². The van der Waals surface area contributed by atoms with Crippen molar-refractivity contribution in [2.24, 2.45) is 0 Å². The number of rotatable bonds is 3. The van der Waals surface area contributed by atoms with Crippen molar-refractivity contribution in [1.29, 1.82) is 10.5 Å². The molecular formula is C14H13N7. The van der Waals surface area contributed by atoms with Gasteiger partial charge in [0.15, 0.2) is 5.82 Å². The van der Waals surface area contributed by atoms with Crippen molar-refractivity contribution in [3.63, 3.8) is 0 Å². The van der Waals surface area contributed by atoms with Crippen LogP contribution in [0.1, 0.15) is 11.1 Å². The fourth-order valence-electron chi connectivity index (χ4n) is 2.13. The van der Waals surface area contributed by atoms with E-state index in [2.05, 4.69) is 27.9 Å². The summed E-state index contributed by atoms with van der Waals surface area (Å²) in [6.07, 6.45) is 0. The summed E-state index contributed by atoms with van der Waals surface area (Å²) in [4.78, 5) is 0. The summed E-state index contributed by atoms with van der Waals surface area (Å²) in [6.45, 7) is 1.67. The Morgan fingerprint density at radius 3 is 2.76 bits per heavy atom. The molecule has 0 amide bonds. The van der Waals surface area contributed by atoms with E-state index in [0.717, 1.165) is 13.1 Å². The van der Waals surface area contributed by atoms with Gasteiger partial charge in [-0.2, -0.15) is 10.5 Å². The number of anilines is 2. The third-order valence-electron chi connectivity index (χ3n) is 3.38. The van der Waals surface area contributed by atoms with E-state index in [-0.39, 0.29) is 11.9 Å². The first kappa shape index (κ1) is 13.0. The maximum atomic E-state index is 9.27. The van der Waals surface area contributed by atoms with Gasteiger partial charge in [0.25, 0.3) is 0 Å². The first-order valence-corrected chi connectivity index (χ1v) is 6.49. The van der Waals surface area contributed by atoms with Gasteiger partial charge in [0, 0.05) is 13.1 Å².